The Bertz CT molecular complexity index is 453. The third kappa shape index (κ3) is 3.07. The van der Waals surface area contributed by atoms with Gasteiger partial charge in [-0.15, -0.1) is 0 Å². The van der Waals surface area contributed by atoms with Gasteiger partial charge in [-0.05, 0) is 37.6 Å². The zero-order chi connectivity index (χ0) is 13.0. The average Bonchev–Trinajstić information content (AvgIpc) is 2.40. The first-order valence-corrected chi connectivity index (χ1v) is 6.02. The first-order valence-electron chi connectivity index (χ1n) is 6.02. The van der Waals surface area contributed by atoms with E-state index in [9.17, 15) is 9.59 Å². The summed E-state index contributed by atoms with van der Waals surface area (Å²) in [5.74, 6) is -1.08. The maximum Gasteiger partial charge on any atom is 0.335 e. The van der Waals surface area contributed by atoms with Crippen LogP contribution in [0, 0.1) is 5.92 Å². The van der Waals surface area contributed by atoms with E-state index in [0.717, 1.165) is 19.4 Å². The van der Waals surface area contributed by atoms with E-state index >= 15 is 0 Å². The summed E-state index contributed by atoms with van der Waals surface area (Å²) in [6, 6.07) is 6.29. The Morgan fingerprint density at radius 2 is 2.22 bits per heavy atom. The van der Waals surface area contributed by atoms with E-state index < -0.39 is 5.97 Å². The lowest BCUT2D eigenvalue weighted by Gasteiger charge is -2.21. The fraction of sp³-hybridized carbons (Fsp3) is 0.385. The molecule has 0 aliphatic carbocycles. The van der Waals surface area contributed by atoms with Crippen molar-refractivity contribution >= 4 is 17.6 Å². The molecule has 1 aliphatic rings. The highest BCUT2D eigenvalue weighted by Gasteiger charge is 2.20. The highest BCUT2D eigenvalue weighted by Crippen LogP contribution is 2.15. The molecular formula is C13H16N2O3. The molecule has 0 spiro atoms. The Morgan fingerprint density at radius 1 is 1.39 bits per heavy atom. The fourth-order valence-corrected chi connectivity index (χ4v) is 2.05. The second-order valence-electron chi connectivity index (χ2n) is 4.42. The topological polar surface area (TPSA) is 78.4 Å². The first kappa shape index (κ1) is 12.6. The predicted molar refractivity (Wildman–Crippen MR) is 67.6 cm³/mol. The number of hydrogen-bond donors (Lipinski definition) is 3. The molecule has 5 heteroatoms. The maximum absolute atomic E-state index is 12.0. The lowest BCUT2D eigenvalue weighted by molar-refractivity contribution is -0.120. The van der Waals surface area contributed by atoms with Crippen LogP contribution in [0.1, 0.15) is 23.2 Å². The van der Waals surface area contributed by atoms with Gasteiger partial charge < -0.3 is 15.7 Å². The Labute approximate surface area is 105 Å². The molecule has 0 bridgehead atoms. The number of hydrogen-bond acceptors (Lipinski definition) is 3. The maximum atomic E-state index is 12.0. The van der Waals surface area contributed by atoms with Gasteiger partial charge in [0.1, 0.15) is 0 Å². The quantitative estimate of drug-likeness (QED) is 0.754. The van der Waals surface area contributed by atoms with Gasteiger partial charge in [0.25, 0.3) is 0 Å². The number of carboxylic acid groups (broad SMARTS) is 1. The number of rotatable bonds is 3. The van der Waals surface area contributed by atoms with Gasteiger partial charge >= 0.3 is 5.97 Å². The van der Waals surface area contributed by atoms with Gasteiger partial charge in [0.05, 0.1) is 11.5 Å². The van der Waals surface area contributed by atoms with Crippen molar-refractivity contribution in [3.8, 4) is 0 Å². The van der Waals surface area contributed by atoms with Crippen LogP contribution in [0.2, 0.25) is 0 Å². The number of piperidine rings is 1. The molecule has 3 N–H and O–H groups in total. The van der Waals surface area contributed by atoms with Crippen LogP contribution < -0.4 is 10.6 Å². The smallest absolute Gasteiger partial charge is 0.335 e. The summed E-state index contributed by atoms with van der Waals surface area (Å²) in [6.07, 6.45) is 1.87. The summed E-state index contributed by atoms with van der Waals surface area (Å²) in [5.41, 5.74) is 0.708. The van der Waals surface area contributed by atoms with Crippen molar-refractivity contribution in [1.82, 2.24) is 5.32 Å². The Kier molecular flexibility index (Phi) is 3.94. The zero-order valence-electron chi connectivity index (χ0n) is 9.98. The van der Waals surface area contributed by atoms with Crippen LogP contribution >= 0.6 is 0 Å². The monoisotopic (exact) mass is 248 g/mol. The molecule has 2 rings (SSSR count). The number of carbonyl (C=O) groups excluding carboxylic acids is 1. The van der Waals surface area contributed by atoms with Crippen molar-refractivity contribution in [2.75, 3.05) is 18.4 Å². The highest BCUT2D eigenvalue weighted by molar-refractivity contribution is 5.95. The molecule has 5 nitrogen and oxygen atoms in total. The molecular weight excluding hydrogens is 232 g/mol. The Balaban J connectivity index is 2.02. The molecule has 1 saturated heterocycles. The molecule has 0 aromatic heterocycles. The molecule has 1 atom stereocenters. The standard InChI is InChI=1S/C13H16N2O3/c16-12(10-4-2-6-14-8-10)15-11-5-1-3-9(7-11)13(17)18/h1,3,5,7,10,14H,2,4,6,8H2,(H,15,16)(H,17,18)/t10-/m1/s1. The summed E-state index contributed by atoms with van der Waals surface area (Å²) in [6.45, 7) is 1.64. The van der Waals surface area contributed by atoms with E-state index in [0.29, 0.717) is 12.2 Å². The molecule has 0 unspecified atom stereocenters. The average molecular weight is 248 g/mol. The summed E-state index contributed by atoms with van der Waals surface area (Å²) in [4.78, 5) is 22.8. The van der Waals surface area contributed by atoms with E-state index in [1.807, 2.05) is 0 Å². The van der Waals surface area contributed by atoms with Crippen LogP contribution in [0.25, 0.3) is 0 Å². The van der Waals surface area contributed by atoms with Crippen molar-refractivity contribution in [2.24, 2.45) is 5.92 Å². The van der Waals surface area contributed by atoms with Crippen molar-refractivity contribution < 1.29 is 14.7 Å². The van der Waals surface area contributed by atoms with Crippen molar-refractivity contribution in [3.63, 3.8) is 0 Å². The number of anilines is 1. The zero-order valence-corrected chi connectivity index (χ0v) is 9.98. The van der Waals surface area contributed by atoms with Gasteiger partial charge in [-0.2, -0.15) is 0 Å². The molecule has 1 aromatic rings. The van der Waals surface area contributed by atoms with Crippen molar-refractivity contribution in [2.45, 2.75) is 12.8 Å². The van der Waals surface area contributed by atoms with Gasteiger partial charge in [-0.1, -0.05) is 6.07 Å². The summed E-state index contributed by atoms with van der Waals surface area (Å²) in [5, 5.41) is 14.8. The molecule has 18 heavy (non-hydrogen) atoms. The lowest BCUT2D eigenvalue weighted by atomic mass is 9.99. The van der Waals surface area contributed by atoms with E-state index in [1.54, 1.807) is 12.1 Å². The van der Waals surface area contributed by atoms with Crippen molar-refractivity contribution in [3.05, 3.63) is 29.8 Å². The third-order valence-electron chi connectivity index (χ3n) is 3.04. The van der Waals surface area contributed by atoms with Crippen LogP contribution in [0.4, 0.5) is 5.69 Å². The molecule has 0 radical (unpaired) electrons. The van der Waals surface area contributed by atoms with Gasteiger partial charge in [0, 0.05) is 12.2 Å². The molecule has 0 saturated carbocycles. The summed E-state index contributed by atoms with van der Waals surface area (Å²) < 4.78 is 0. The van der Waals surface area contributed by atoms with Crippen LogP contribution in [0.5, 0.6) is 0 Å². The number of carboxylic acids is 1. The van der Waals surface area contributed by atoms with Crippen LogP contribution in [-0.2, 0) is 4.79 Å². The number of benzene rings is 1. The number of nitrogens with one attached hydrogen (secondary N) is 2. The van der Waals surface area contributed by atoms with Crippen molar-refractivity contribution in [1.29, 1.82) is 0 Å². The second-order valence-corrected chi connectivity index (χ2v) is 4.42. The van der Waals surface area contributed by atoms with E-state index in [2.05, 4.69) is 10.6 Å². The Morgan fingerprint density at radius 3 is 2.89 bits per heavy atom. The van der Waals surface area contributed by atoms with E-state index in [4.69, 9.17) is 5.11 Å². The molecule has 1 aromatic carbocycles. The lowest BCUT2D eigenvalue weighted by Crippen LogP contribution is -2.37. The number of carbonyl (C=O) groups is 2. The van der Waals surface area contributed by atoms with E-state index in [-0.39, 0.29) is 17.4 Å². The van der Waals surface area contributed by atoms with E-state index in [1.165, 1.54) is 12.1 Å². The second kappa shape index (κ2) is 5.64. The summed E-state index contributed by atoms with van der Waals surface area (Å²) in [7, 11) is 0. The highest BCUT2D eigenvalue weighted by atomic mass is 16.4. The molecule has 96 valence electrons. The van der Waals surface area contributed by atoms with Gasteiger partial charge in [-0.3, -0.25) is 4.79 Å². The van der Waals surface area contributed by atoms with Crippen LogP contribution in [-0.4, -0.2) is 30.1 Å². The molecule has 1 fully saturated rings. The third-order valence-corrected chi connectivity index (χ3v) is 3.04. The Hall–Kier alpha value is -1.88. The predicted octanol–water partition coefficient (Wildman–Crippen LogP) is 1.32. The largest absolute Gasteiger partial charge is 0.478 e. The van der Waals surface area contributed by atoms with Crippen LogP contribution in [0.15, 0.2) is 24.3 Å². The van der Waals surface area contributed by atoms with Gasteiger partial charge in [0.2, 0.25) is 5.91 Å². The molecule has 1 aliphatic heterocycles. The number of aromatic carboxylic acids is 1. The minimum atomic E-state index is -0.995. The van der Waals surface area contributed by atoms with Gasteiger partial charge in [-0.25, -0.2) is 4.79 Å². The minimum Gasteiger partial charge on any atom is -0.478 e. The normalized spacial score (nSPS) is 19.2. The fourth-order valence-electron chi connectivity index (χ4n) is 2.05. The van der Waals surface area contributed by atoms with Gasteiger partial charge in [0.15, 0.2) is 0 Å². The summed E-state index contributed by atoms with van der Waals surface area (Å²) >= 11 is 0. The minimum absolute atomic E-state index is 0.0350. The van der Waals surface area contributed by atoms with Crippen LogP contribution in [0.3, 0.4) is 0 Å². The number of amides is 1. The molecule has 1 heterocycles. The first-order chi connectivity index (χ1) is 8.66. The molecule has 1 amide bonds. The SMILES string of the molecule is O=C(O)c1cccc(NC(=O)[C@@H]2CCCNC2)c1.